The van der Waals surface area contributed by atoms with E-state index in [1.54, 1.807) is 24.3 Å². The van der Waals surface area contributed by atoms with Gasteiger partial charge < -0.3 is 10.2 Å². The zero-order valence-corrected chi connectivity index (χ0v) is 12.7. The molecule has 0 unspecified atom stereocenters. The van der Waals surface area contributed by atoms with Crippen molar-refractivity contribution in [2.75, 3.05) is 31.5 Å². The van der Waals surface area contributed by atoms with Crippen molar-refractivity contribution in [3.63, 3.8) is 0 Å². The molecule has 5 nitrogen and oxygen atoms in total. The summed E-state index contributed by atoms with van der Waals surface area (Å²) in [5.74, 6) is -0.113. The van der Waals surface area contributed by atoms with Crippen LogP contribution in [0.5, 0.6) is 0 Å². The molecule has 0 spiro atoms. The Morgan fingerprint density at radius 3 is 2.38 bits per heavy atom. The predicted molar refractivity (Wildman–Crippen MR) is 83.4 cm³/mol. The lowest BCUT2D eigenvalue weighted by molar-refractivity contribution is -0.131. The summed E-state index contributed by atoms with van der Waals surface area (Å²) >= 11 is 5.77. The van der Waals surface area contributed by atoms with Crippen LogP contribution in [-0.4, -0.2) is 42.9 Å². The maximum absolute atomic E-state index is 11.9. The third-order valence-electron chi connectivity index (χ3n) is 3.40. The first-order valence-corrected chi connectivity index (χ1v) is 7.57. The minimum atomic E-state index is -0.177. The number of carbonyl (C=O) groups is 2. The zero-order valence-electron chi connectivity index (χ0n) is 11.9. The number of amides is 2. The van der Waals surface area contributed by atoms with Gasteiger partial charge in [0.2, 0.25) is 11.8 Å². The maximum Gasteiger partial charge on any atom is 0.238 e. The number of rotatable bonds is 5. The van der Waals surface area contributed by atoms with Gasteiger partial charge in [0, 0.05) is 23.8 Å². The molecule has 1 saturated heterocycles. The lowest BCUT2D eigenvalue weighted by atomic mass is 10.1. The van der Waals surface area contributed by atoms with Crippen LogP contribution in [0.3, 0.4) is 0 Å². The fourth-order valence-electron chi connectivity index (χ4n) is 2.28. The second-order valence-electron chi connectivity index (χ2n) is 5.10. The van der Waals surface area contributed by atoms with Crippen LogP contribution in [0.15, 0.2) is 24.3 Å². The van der Waals surface area contributed by atoms with Gasteiger partial charge in [-0.3, -0.25) is 14.9 Å². The Kier molecular flexibility index (Phi) is 6.02. The molecule has 114 valence electrons. The van der Waals surface area contributed by atoms with E-state index in [0.29, 0.717) is 10.7 Å². The van der Waals surface area contributed by atoms with E-state index in [1.165, 1.54) is 6.42 Å². The van der Waals surface area contributed by atoms with Crippen molar-refractivity contribution in [1.29, 1.82) is 0 Å². The number of nitrogens with one attached hydrogen (secondary N) is 2. The molecule has 0 aliphatic carbocycles. The van der Waals surface area contributed by atoms with Gasteiger partial charge in [-0.25, -0.2) is 0 Å². The van der Waals surface area contributed by atoms with E-state index < -0.39 is 0 Å². The van der Waals surface area contributed by atoms with Crippen LogP contribution in [0.4, 0.5) is 5.69 Å². The number of piperidine rings is 1. The Bertz CT molecular complexity index is 484. The number of carbonyl (C=O) groups excluding carboxylic acids is 2. The van der Waals surface area contributed by atoms with Crippen LogP contribution in [0.2, 0.25) is 5.02 Å². The van der Waals surface area contributed by atoms with Crippen molar-refractivity contribution >= 4 is 29.1 Å². The summed E-state index contributed by atoms with van der Waals surface area (Å²) in [5, 5.41) is 6.25. The summed E-state index contributed by atoms with van der Waals surface area (Å²) in [4.78, 5) is 25.5. The fraction of sp³-hybridized carbons (Fsp3) is 0.467. The second-order valence-corrected chi connectivity index (χ2v) is 5.54. The fourth-order valence-corrected chi connectivity index (χ4v) is 2.40. The summed E-state index contributed by atoms with van der Waals surface area (Å²) in [7, 11) is 0. The Labute approximate surface area is 129 Å². The molecule has 1 aromatic rings. The van der Waals surface area contributed by atoms with Gasteiger partial charge in [-0.1, -0.05) is 11.6 Å². The summed E-state index contributed by atoms with van der Waals surface area (Å²) in [6, 6.07) is 6.90. The van der Waals surface area contributed by atoms with Gasteiger partial charge in [0.15, 0.2) is 0 Å². The minimum Gasteiger partial charge on any atom is -0.342 e. The number of hydrogen-bond donors (Lipinski definition) is 2. The van der Waals surface area contributed by atoms with Crippen LogP contribution in [0.25, 0.3) is 0 Å². The van der Waals surface area contributed by atoms with Gasteiger partial charge in [0.1, 0.15) is 0 Å². The highest BCUT2D eigenvalue weighted by Gasteiger charge is 2.15. The van der Waals surface area contributed by atoms with Gasteiger partial charge in [-0.05, 0) is 43.5 Å². The number of hydrogen-bond acceptors (Lipinski definition) is 3. The molecule has 0 saturated carbocycles. The summed E-state index contributed by atoms with van der Waals surface area (Å²) in [6.45, 7) is 1.98. The van der Waals surface area contributed by atoms with E-state index in [2.05, 4.69) is 10.6 Å². The Morgan fingerprint density at radius 2 is 1.71 bits per heavy atom. The number of nitrogens with zero attached hydrogens (tertiary/aromatic N) is 1. The van der Waals surface area contributed by atoms with E-state index in [4.69, 9.17) is 11.6 Å². The lowest BCUT2D eigenvalue weighted by Gasteiger charge is -2.26. The summed E-state index contributed by atoms with van der Waals surface area (Å²) in [6.07, 6.45) is 3.34. The number of halogens is 1. The van der Waals surface area contributed by atoms with Crippen molar-refractivity contribution in [1.82, 2.24) is 10.2 Å². The van der Waals surface area contributed by atoms with Crippen LogP contribution >= 0.6 is 11.6 Å². The molecule has 0 bridgehead atoms. The molecule has 2 N–H and O–H groups in total. The topological polar surface area (TPSA) is 61.4 Å². The Hall–Kier alpha value is -1.59. The van der Waals surface area contributed by atoms with E-state index in [0.717, 1.165) is 25.9 Å². The van der Waals surface area contributed by atoms with Crippen molar-refractivity contribution in [3.8, 4) is 0 Å². The molecule has 2 rings (SSSR count). The van der Waals surface area contributed by atoms with Crippen molar-refractivity contribution < 1.29 is 9.59 Å². The molecule has 0 atom stereocenters. The molecule has 1 aliphatic heterocycles. The van der Waals surface area contributed by atoms with Gasteiger partial charge in [0.05, 0.1) is 13.1 Å². The van der Waals surface area contributed by atoms with Crippen molar-refractivity contribution in [2.45, 2.75) is 19.3 Å². The quantitative estimate of drug-likeness (QED) is 0.873. The molecule has 0 radical (unpaired) electrons. The highest BCUT2D eigenvalue weighted by molar-refractivity contribution is 6.30. The summed E-state index contributed by atoms with van der Waals surface area (Å²) < 4.78 is 0. The summed E-state index contributed by atoms with van der Waals surface area (Å²) in [5.41, 5.74) is 0.688. The van der Waals surface area contributed by atoms with Crippen LogP contribution in [0.1, 0.15) is 19.3 Å². The molecule has 1 aliphatic rings. The Balaban J connectivity index is 1.66. The molecular weight excluding hydrogens is 290 g/mol. The first-order chi connectivity index (χ1) is 10.1. The first kappa shape index (κ1) is 15.8. The SMILES string of the molecule is O=C(CNCC(=O)N1CCCCC1)Nc1ccc(Cl)cc1. The van der Waals surface area contributed by atoms with E-state index in [-0.39, 0.29) is 24.9 Å². The van der Waals surface area contributed by atoms with Crippen LogP contribution in [-0.2, 0) is 9.59 Å². The number of anilines is 1. The van der Waals surface area contributed by atoms with Crippen molar-refractivity contribution in [2.24, 2.45) is 0 Å². The van der Waals surface area contributed by atoms with E-state index >= 15 is 0 Å². The zero-order chi connectivity index (χ0) is 15.1. The Morgan fingerprint density at radius 1 is 1.05 bits per heavy atom. The molecule has 0 aromatic heterocycles. The highest BCUT2D eigenvalue weighted by atomic mass is 35.5. The van der Waals surface area contributed by atoms with Crippen molar-refractivity contribution in [3.05, 3.63) is 29.3 Å². The monoisotopic (exact) mass is 309 g/mol. The number of benzene rings is 1. The molecular formula is C15H20ClN3O2. The molecule has 21 heavy (non-hydrogen) atoms. The molecule has 6 heteroatoms. The van der Waals surface area contributed by atoms with E-state index in [1.807, 2.05) is 4.90 Å². The second kappa shape index (κ2) is 8.00. The minimum absolute atomic E-state index is 0.0639. The molecule has 1 heterocycles. The molecule has 1 fully saturated rings. The smallest absolute Gasteiger partial charge is 0.238 e. The average Bonchev–Trinajstić information content (AvgIpc) is 2.50. The van der Waals surface area contributed by atoms with Gasteiger partial charge in [-0.2, -0.15) is 0 Å². The predicted octanol–water partition coefficient (Wildman–Crippen LogP) is 1.88. The lowest BCUT2D eigenvalue weighted by Crippen LogP contribution is -2.42. The first-order valence-electron chi connectivity index (χ1n) is 7.19. The highest BCUT2D eigenvalue weighted by Crippen LogP contribution is 2.13. The van der Waals surface area contributed by atoms with Gasteiger partial charge in [-0.15, -0.1) is 0 Å². The number of likely N-dealkylation sites (tertiary alicyclic amines) is 1. The largest absolute Gasteiger partial charge is 0.342 e. The maximum atomic E-state index is 11.9. The third kappa shape index (κ3) is 5.36. The normalized spacial score (nSPS) is 14.8. The molecule has 2 amide bonds. The average molecular weight is 310 g/mol. The molecule has 1 aromatic carbocycles. The standard InChI is InChI=1S/C15H20ClN3O2/c16-12-4-6-13(7-5-12)18-14(20)10-17-11-15(21)19-8-2-1-3-9-19/h4-7,17H,1-3,8-11H2,(H,18,20). The third-order valence-corrected chi connectivity index (χ3v) is 3.65. The van der Waals surface area contributed by atoms with E-state index in [9.17, 15) is 9.59 Å². The van der Waals surface area contributed by atoms with Crippen LogP contribution < -0.4 is 10.6 Å². The van der Waals surface area contributed by atoms with Gasteiger partial charge >= 0.3 is 0 Å². The van der Waals surface area contributed by atoms with Crippen LogP contribution in [0, 0.1) is 0 Å². The van der Waals surface area contributed by atoms with Gasteiger partial charge in [0.25, 0.3) is 0 Å².